The van der Waals surface area contributed by atoms with Crippen LogP contribution in [0.15, 0.2) is 24.7 Å². The summed E-state index contributed by atoms with van der Waals surface area (Å²) in [4.78, 5) is 19.9. The van der Waals surface area contributed by atoms with Gasteiger partial charge in [0.2, 0.25) is 5.95 Å². The highest BCUT2D eigenvalue weighted by atomic mass is 16.1. The van der Waals surface area contributed by atoms with Crippen molar-refractivity contribution in [3.63, 3.8) is 0 Å². The average Bonchev–Trinajstić information content (AvgIpc) is 2.97. The number of aromatic nitrogens is 4. The topological polar surface area (TPSA) is 84.7 Å². The van der Waals surface area contributed by atoms with Crippen molar-refractivity contribution >= 4 is 5.91 Å². The number of hydrogen-bond donors (Lipinski definition) is 2. The standard InChI is InChI=1S/C13H18N6O/c1-3-5-15-7-10-8-16-13(17-9-10)19-6-4-11(18-19)12(20)14-2/h4,6,8-9,15H,3,5,7H2,1-2H3,(H,14,20). The van der Waals surface area contributed by atoms with Gasteiger partial charge in [0.05, 0.1) is 0 Å². The van der Waals surface area contributed by atoms with Gasteiger partial charge in [0, 0.05) is 37.7 Å². The van der Waals surface area contributed by atoms with Crippen molar-refractivity contribution in [3.8, 4) is 5.95 Å². The van der Waals surface area contributed by atoms with Crippen LogP contribution in [0, 0.1) is 0 Å². The molecule has 7 nitrogen and oxygen atoms in total. The predicted molar refractivity (Wildman–Crippen MR) is 74.5 cm³/mol. The Morgan fingerprint density at radius 1 is 1.35 bits per heavy atom. The number of amides is 1. The Bertz CT molecular complexity index is 562. The first-order valence-electron chi connectivity index (χ1n) is 6.54. The Morgan fingerprint density at radius 3 is 2.75 bits per heavy atom. The zero-order chi connectivity index (χ0) is 14.4. The van der Waals surface area contributed by atoms with Gasteiger partial charge in [-0.3, -0.25) is 4.79 Å². The molecule has 7 heteroatoms. The third-order valence-corrected chi connectivity index (χ3v) is 2.70. The van der Waals surface area contributed by atoms with Crippen LogP contribution in [-0.2, 0) is 6.54 Å². The zero-order valence-corrected chi connectivity index (χ0v) is 11.6. The van der Waals surface area contributed by atoms with Crippen LogP contribution in [0.4, 0.5) is 0 Å². The first-order valence-corrected chi connectivity index (χ1v) is 6.54. The molecule has 0 fully saturated rings. The highest BCUT2D eigenvalue weighted by molar-refractivity contribution is 5.91. The molecule has 106 valence electrons. The molecular formula is C13H18N6O. The summed E-state index contributed by atoms with van der Waals surface area (Å²) in [6.45, 7) is 3.83. The highest BCUT2D eigenvalue weighted by Gasteiger charge is 2.09. The van der Waals surface area contributed by atoms with E-state index in [0.29, 0.717) is 11.6 Å². The smallest absolute Gasteiger partial charge is 0.271 e. The first-order chi connectivity index (χ1) is 9.74. The second-order valence-corrected chi connectivity index (χ2v) is 4.29. The minimum absolute atomic E-state index is 0.232. The molecule has 2 N–H and O–H groups in total. The molecule has 2 heterocycles. The van der Waals surface area contributed by atoms with E-state index in [2.05, 4.69) is 32.6 Å². The first kappa shape index (κ1) is 14.1. The summed E-state index contributed by atoms with van der Waals surface area (Å²) in [7, 11) is 1.57. The van der Waals surface area contributed by atoms with Crippen LogP contribution < -0.4 is 10.6 Å². The zero-order valence-electron chi connectivity index (χ0n) is 11.6. The fourth-order valence-corrected chi connectivity index (χ4v) is 1.65. The normalized spacial score (nSPS) is 10.5. The molecule has 0 aliphatic heterocycles. The maximum absolute atomic E-state index is 11.4. The lowest BCUT2D eigenvalue weighted by Crippen LogP contribution is -2.18. The molecule has 0 aromatic carbocycles. The third kappa shape index (κ3) is 3.39. The molecule has 2 rings (SSSR count). The molecule has 0 saturated heterocycles. The molecular weight excluding hydrogens is 256 g/mol. The van der Waals surface area contributed by atoms with Crippen LogP contribution in [0.5, 0.6) is 0 Å². The van der Waals surface area contributed by atoms with Gasteiger partial charge < -0.3 is 10.6 Å². The van der Waals surface area contributed by atoms with Crippen LogP contribution in [0.25, 0.3) is 5.95 Å². The summed E-state index contributed by atoms with van der Waals surface area (Å²) in [6, 6.07) is 1.62. The lowest BCUT2D eigenvalue weighted by Gasteiger charge is -2.03. The number of carbonyl (C=O) groups excluding carboxylic acids is 1. The molecule has 0 saturated carbocycles. The predicted octanol–water partition coefficient (Wildman–Crippen LogP) is 0.521. The number of hydrogen-bond acceptors (Lipinski definition) is 5. The number of rotatable bonds is 6. The van der Waals surface area contributed by atoms with Gasteiger partial charge >= 0.3 is 0 Å². The SMILES string of the molecule is CCCNCc1cnc(-n2ccc(C(=O)NC)n2)nc1. The van der Waals surface area contributed by atoms with Crippen LogP contribution in [-0.4, -0.2) is 39.2 Å². The summed E-state index contributed by atoms with van der Waals surface area (Å²) in [5.74, 6) is 0.212. The Hall–Kier alpha value is -2.28. The number of nitrogens with zero attached hydrogens (tertiary/aromatic N) is 4. The minimum Gasteiger partial charge on any atom is -0.354 e. The maximum atomic E-state index is 11.4. The molecule has 2 aromatic rings. The molecule has 0 unspecified atom stereocenters. The molecule has 0 aliphatic rings. The van der Waals surface area contributed by atoms with E-state index < -0.39 is 0 Å². The van der Waals surface area contributed by atoms with Gasteiger partial charge in [-0.25, -0.2) is 14.6 Å². The van der Waals surface area contributed by atoms with Crippen molar-refractivity contribution < 1.29 is 4.79 Å². The number of nitrogens with one attached hydrogen (secondary N) is 2. The van der Waals surface area contributed by atoms with Crippen LogP contribution in [0.2, 0.25) is 0 Å². The monoisotopic (exact) mass is 274 g/mol. The van der Waals surface area contributed by atoms with E-state index in [9.17, 15) is 4.79 Å². The van der Waals surface area contributed by atoms with Gasteiger partial charge in [-0.2, -0.15) is 5.10 Å². The molecule has 1 amide bonds. The molecule has 0 aliphatic carbocycles. The number of carbonyl (C=O) groups is 1. The van der Waals surface area contributed by atoms with E-state index in [1.807, 2.05) is 0 Å². The minimum atomic E-state index is -0.232. The van der Waals surface area contributed by atoms with E-state index >= 15 is 0 Å². The second kappa shape index (κ2) is 6.76. The summed E-state index contributed by atoms with van der Waals surface area (Å²) in [5.41, 5.74) is 1.35. The molecule has 2 aromatic heterocycles. The average molecular weight is 274 g/mol. The molecule has 0 bridgehead atoms. The van der Waals surface area contributed by atoms with Gasteiger partial charge in [0.25, 0.3) is 5.91 Å². The van der Waals surface area contributed by atoms with Crippen LogP contribution >= 0.6 is 0 Å². The fraction of sp³-hybridized carbons (Fsp3) is 0.385. The van der Waals surface area contributed by atoms with Crippen molar-refractivity contribution in [2.45, 2.75) is 19.9 Å². The molecule has 0 atom stereocenters. The van der Waals surface area contributed by atoms with E-state index in [1.165, 1.54) is 4.68 Å². The Morgan fingerprint density at radius 2 is 2.10 bits per heavy atom. The lowest BCUT2D eigenvalue weighted by atomic mass is 10.3. The van der Waals surface area contributed by atoms with Gasteiger partial charge in [-0.15, -0.1) is 0 Å². The van der Waals surface area contributed by atoms with E-state index in [4.69, 9.17) is 0 Å². The van der Waals surface area contributed by atoms with Crippen molar-refractivity contribution in [2.24, 2.45) is 0 Å². The van der Waals surface area contributed by atoms with E-state index in [1.54, 1.807) is 31.7 Å². The van der Waals surface area contributed by atoms with Gasteiger partial charge in [0.15, 0.2) is 5.69 Å². The van der Waals surface area contributed by atoms with Crippen molar-refractivity contribution in [3.05, 3.63) is 35.9 Å². The molecule has 20 heavy (non-hydrogen) atoms. The summed E-state index contributed by atoms with van der Waals surface area (Å²) in [6.07, 6.45) is 6.27. The fourth-order valence-electron chi connectivity index (χ4n) is 1.65. The Kier molecular flexibility index (Phi) is 4.78. The van der Waals surface area contributed by atoms with Crippen molar-refractivity contribution in [1.82, 2.24) is 30.4 Å². The highest BCUT2D eigenvalue weighted by Crippen LogP contribution is 2.03. The maximum Gasteiger partial charge on any atom is 0.271 e. The Labute approximate surface area is 117 Å². The Balaban J connectivity index is 2.06. The van der Waals surface area contributed by atoms with Crippen molar-refractivity contribution in [1.29, 1.82) is 0 Å². The summed E-state index contributed by atoms with van der Waals surface area (Å²) in [5, 5.41) is 9.92. The van der Waals surface area contributed by atoms with Crippen LogP contribution in [0.1, 0.15) is 29.4 Å². The summed E-state index contributed by atoms with van der Waals surface area (Å²) < 4.78 is 1.48. The second-order valence-electron chi connectivity index (χ2n) is 4.29. The quantitative estimate of drug-likeness (QED) is 0.750. The largest absolute Gasteiger partial charge is 0.354 e. The van der Waals surface area contributed by atoms with E-state index in [0.717, 1.165) is 25.1 Å². The third-order valence-electron chi connectivity index (χ3n) is 2.70. The van der Waals surface area contributed by atoms with Gasteiger partial charge in [-0.05, 0) is 19.0 Å². The van der Waals surface area contributed by atoms with E-state index in [-0.39, 0.29) is 5.91 Å². The van der Waals surface area contributed by atoms with Crippen LogP contribution in [0.3, 0.4) is 0 Å². The lowest BCUT2D eigenvalue weighted by molar-refractivity contribution is 0.0957. The molecule has 0 spiro atoms. The van der Waals surface area contributed by atoms with Gasteiger partial charge in [0.1, 0.15) is 0 Å². The van der Waals surface area contributed by atoms with Crippen molar-refractivity contribution in [2.75, 3.05) is 13.6 Å². The van der Waals surface area contributed by atoms with Gasteiger partial charge in [-0.1, -0.05) is 6.92 Å². The molecule has 0 radical (unpaired) electrons. The summed E-state index contributed by atoms with van der Waals surface area (Å²) >= 11 is 0.